The number of hydrogen-bond donors (Lipinski definition) is 1. The highest BCUT2D eigenvalue weighted by atomic mass is 79.9. The molecule has 6 heteroatoms. The van der Waals surface area contributed by atoms with Gasteiger partial charge in [0.25, 0.3) is 0 Å². The SMILES string of the molecule is CC(O)(c1ccc(Br)o1)C(F)(F)Br. The summed E-state index contributed by atoms with van der Waals surface area (Å²) >= 11 is 5.04. The Labute approximate surface area is 90.2 Å². The van der Waals surface area contributed by atoms with Gasteiger partial charge in [-0.3, -0.25) is 0 Å². The standard InChI is InChI=1S/C7H6Br2F2O2/c1-6(12,7(9,10)11)4-2-3-5(8)13-4/h2-3,12H,1H3. The van der Waals surface area contributed by atoms with Crippen LogP contribution in [0.2, 0.25) is 0 Å². The van der Waals surface area contributed by atoms with Crippen molar-refractivity contribution >= 4 is 31.9 Å². The van der Waals surface area contributed by atoms with Gasteiger partial charge in [0.05, 0.1) is 0 Å². The van der Waals surface area contributed by atoms with E-state index in [0.717, 1.165) is 6.92 Å². The number of hydrogen-bond acceptors (Lipinski definition) is 2. The van der Waals surface area contributed by atoms with Crippen molar-refractivity contribution in [2.75, 3.05) is 0 Å². The Hall–Kier alpha value is 0.0600. The smallest absolute Gasteiger partial charge is 0.336 e. The summed E-state index contributed by atoms with van der Waals surface area (Å²) in [6, 6.07) is 2.71. The molecular formula is C7H6Br2F2O2. The van der Waals surface area contributed by atoms with Gasteiger partial charge < -0.3 is 9.52 Å². The molecule has 0 aliphatic carbocycles. The van der Waals surface area contributed by atoms with E-state index in [1.54, 1.807) is 0 Å². The molecule has 1 atom stereocenters. The van der Waals surface area contributed by atoms with Crippen molar-refractivity contribution in [1.82, 2.24) is 0 Å². The second kappa shape index (κ2) is 3.33. The third kappa shape index (κ3) is 2.11. The summed E-state index contributed by atoms with van der Waals surface area (Å²) in [5.41, 5.74) is -2.36. The van der Waals surface area contributed by atoms with Gasteiger partial charge in [-0.25, -0.2) is 0 Å². The fourth-order valence-corrected chi connectivity index (χ4v) is 1.22. The van der Waals surface area contributed by atoms with Crippen LogP contribution in [-0.4, -0.2) is 9.94 Å². The highest BCUT2D eigenvalue weighted by molar-refractivity contribution is 9.10. The summed E-state index contributed by atoms with van der Waals surface area (Å²) in [4.78, 5) is -3.43. The van der Waals surface area contributed by atoms with Crippen molar-refractivity contribution in [3.05, 3.63) is 22.6 Å². The Morgan fingerprint density at radius 1 is 1.46 bits per heavy atom. The van der Waals surface area contributed by atoms with Gasteiger partial charge in [-0.05, 0) is 50.9 Å². The number of alkyl halides is 3. The Bertz CT molecular complexity index is 304. The summed E-state index contributed by atoms with van der Waals surface area (Å²) in [6.07, 6.45) is 0. The monoisotopic (exact) mass is 318 g/mol. The maximum atomic E-state index is 12.8. The predicted octanol–water partition coefficient (Wildman–Crippen LogP) is 3.24. The fraction of sp³-hybridized carbons (Fsp3) is 0.429. The van der Waals surface area contributed by atoms with Gasteiger partial charge in [-0.1, -0.05) is 0 Å². The Morgan fingerprint density at radius 3 is 2.31 bits per heavy atom. The van der Waals surface area contributed by atoms with Crippen molar-refractivity contribution < 1.29 is 18.3 Å². The molecule has 0 aliphatic heterocycles. The van der Waals surface area contributed by atoms with Gasteiger partial charge in [0.15, 0.2) is 10.3 Å². The molecule has 0 amide bonds. The first-order valence-electron chi connectivity index (χ1n) is 3.30. The highest BCUT2D eigenvalue weighted by Gasteiger charge is 2.50. The molecule has 0 radical (unpaired) electrons. The zero-order valence-electron chi connectivity index (χ0n) is 6.52. The largest absolute Gasteiger partial charge is 0.451 e. The fourth-order valence-electron chi connectivity index (χ4n) is 0.716. The quantitative estimate of drug-likeness (QED) is 0.849. The number of furan rings is 1. The molecule has 0 spiro atoms. The lowest BCUT2D eigenvalue weighted by atomic mass is 10.1. The van der Waals surface area contributed by atoms with Crippen LogP contribution in [0.25, 0.3) is 0 Å². The van der Waals surface area contributed by atoms with E-state index in [1.807, 2.05) is 0 Å². The van der Waals surface area contributed by atoms with Crippen LogP contribution in [0.15, 0.2) is 21.2 Å². The van der Waals surface area contributed by atoms with E-state index in [9.17, 15) is 13.9 Å². The van der Waals surface area contributed by atoms with Gasteiger partial charge in [-0.15, -0.1) is 0 Å². The summed E-state index contributed by atoms with van der Waals surface area (Å²) in [5, 5.41) is 9.42. The first-order chi connectivity index (χ1) is 5.75. The number of rotatable bonds is 2. The van der Waals surface area contributed by atoms with Crippen LogP contribution in [0.3, 0.4) is 0 Å². The van der Waals surface area contributed by atoms with Crippen LogP contribution in [0.5, 0.6) is 0 Å². The molecule has 2 nitrogen and oxygen atoms in total. The van der Waals surface area contributed by atoms with E-state index in [-0.39, 0.29) is 5.76 Å². The summed E-state index contributed by atoms with van der Waals surface area (Å²) in [6.45, 7) is 0.965. The van der Waals surface area contributed by atoms with Crippen LogP contribution in [0.4, 0.5) is 8.78 Å². The zero-order chi connectivity index (χ0) is 10.3. The van der Waals surface area contributed by atoms with E-state index >= 15 is 0 Å². The van der Waals surface area contributed by atoms with E-state index in [0.29, 0.717) is 4.67 Å². The molecule has 0 bridgehead atoms. The summed E-state index contributed by atoms with van der Waals surface area (Å²) in [7, 11) is 0. The molecule has 1 unspecified atom stereocenters. The van der Waals surface area contributed by atoms with Crippen molar-refractivity contribution in [2.45, 2.75) is 17.4 Å². The third-order valence-electron chi connectivity index (χ3n) is 1.60. The van der Waals surface area contributed by atoms with E-state index in [4.69, 9.17) is 4.42 Å². The van der Waals surface area contributed by atoms with Crippen LogP contribution < -0.4 is 0 Å². The van der Waals surface area contributed by atoms with E-state index in [1.165, 1.54) is 12.1 Å². The van der Waals surface area contributed by atoms with Crippen LogP contribution in [-0.2, 0) is 5.60 Å². The molecule has 1 aromatic rings. The van der Waals surface area contributed by atoms with E-state index in [2.05, 4.69) is 31.9 Å². The Balaban J connectivity index is 3.07. The minimum atomic E-state index is -3.43. The molecule has 0 aliphatic rings. The average molecular weight is 320 g/mol. The molecular weight excluding hydrogens is 314 g/mol. The second-order valence-corrected chi connectivity index (χ2v) is 4.45. The summed E-state index contributed by atoms with van der Waals surface area (Å²) in [5.74, 6) is -0.207. The lowest BCUT2D eigenvalue weighted by Crippen LogP contribution is -2.37. The average Bonchev–Trinajstić information content (AvgIpc) is 2.33. The highest BCUT2D eigenvalue weighted by Crippen LogP contribution is 2.42. The molecule has 1 N–H and O–H groups in total. The van der Waals surface area contributed by atoms with Gasteiger partial charge in [0, 0.05) is 0 Å². The lowest BCUT2D eigenvalue weighted by Gasteiger charge is -2.25. The normalized spacial score (nSPS) is 17.1. The maximum absolute atomic E-state index is 12.8. The predicted molar refractivity (Wildman–Crippen MR) is 49.9 cm³/mol. The zero-order valence-corrected chi connectivity index (χ0v) is 9.69. The first kappa shape index (κ1) is 11.1. The van der Waals surface area contributed by atoms with Crippen LogP contribution in [0.1, 0.15) is 12.7 Å². The molecule has 1 rings (SSSR count). The van der Waals surface area contributed by atoms with Crippen molar-refractivity contribution in [2.24, 2.45) is 0 Å². The Kier molecular flexibility index (Phi) is 2.85. The second-order valence-electron chi connectivity index (χ2n) is 2.67. The van der Waals surface area contributed by atoms with Gasteiger partial charge in [0.1, 0.15) is 5.76 Å². The molecule has 1 aromatic heterocycles. The topological polar surface area (TPSA) is 33.4 Å². The maximum Gasteiger partial charge on any atom is 0.336 e. The molecule has 0 saturated carbocycles. The third-order valence-corrected chi connectivity index (χ3v) is 2.80. The van der Waals surface area contributed by atoms with Crippen molar-refractivity contribution in [1.29, 1.82) is 0 Å². The molecule has 74 valence electrons. The minimum Gasteiger partial charge on any atom is -0.451 e. The van der Waals surface area contributed by atoms with Gasteiger partial charge >= 0.3 is 4.83 Å². The summed E-state index contributed by atoms with van der Waals surface area (Å²) < 4.78 is 30.7. The minimum absolute atomic E-state index is 0.207. The van der Waals surface area contributed by atoms with E-state index < -0.39 is 10.4 Å². The van der Waals surface area contributed by atoms with Gasteiger partial charge in [-0.2, -0.15) is 8.78 Å². The van der Waals surface area contributed by atoms with Crippen molar-refractivity contribution in [3.8, 4) is 0 Å². The molecule has 13 heavy (non-hydrogen) atoms. The molecule has 1 heterocycles. The molecule has 0 fully saturated rings. The first-order valence-corrected chi connectivity index (χ1v) is 4.88. The van der Waals surface area contributed by atoms with Crippen LogP contribution >= 0.6 is 31.9 Å². The van der Waals surface area contributed by atoms with Gasteiger partial charge in [0.2, 0.25) is 0 Å². The van der Waals surface area contributed by atoms with Crippen molar-refractivity contribution in [3.63, 3.8) is 0 Å². The molecule has 0 aromatic carbocycles. The molecule has 0 saturated heterocycles. The van der Waals surface area contributed by atoms with Crippen LogP contribution in [0, 0.1) is 0 Å². The Morgan fingerprint density at radius 2 is 2.00 bits per heavy atom. The number of halogens is 4. The number of aliphatic hydroxyl groups is 1. The lowest BCUT2D eigenvalue weighted by molar-refractivity contribution is -0.120.